The Balaban J connectivity index is 1.64. The fourth-order valence-corrected chi connectivity index (χ4v) is 3.75. The summed E-state index contributed by atoms with van der Waals surface area (Å²) < 4.78 is 3.18. The molecular weight excluding hydrogens is 368 g/mol. The molecule has 4 aromatic rings. The highest BCUT2D eigenvalue weighted by Gasteiger charge is 2.37. The van der Waals surface area contributed by atoms with Crippen LogP contribution in [0, 0.1) is 0 Å². The second kappa shape index (κ2) is 5.92. The van der Waals surface area contributed by atoms with Crippen molar-refractivity contribution in [2.75, 3.05) is 6.54 Å². The number of nitrogens with zero attached hydrogens (tertiary/aromatic N) is 7. The summed E-state index contributed by atoms with van der Waals surface area (Å²) in [6, 6.07) is 7.39. The number of carbonyl (C=O) groups is 1. The van der Waals surface area contributed by atoms with E-state index in [-0.39, 0.29) is 17.0 Å². The van der Waals surface area contributed by atoms with Crippen molar-refractivity contribution >= 4 is 23.0 Å². The zero-order valence-corrected chi connectivity index (χ0v) is 15.1. The van der Waals surface area contributed by atoms with Gasteiger partial charge in [0.05, 0.1) is 23.2 Å². The average molecular weight is 383 g/mol. The van der Waals surface area contributed by atoms with Crippen molar-refractivity contribution in [3.63, 3.8) is 0 Å². The lowest BCUT2D eigenvalue weighted by Gasteiger charge is -2.33. The monoisotopic (exact) mass is 382 g/mol. The van der Waals surface area contributed by atoms with Crippen LogP contribution in [0.5, 0.6) is 0 Å². The topological polar surface area (TPSA) is 97.0 Å². The highest BCUT2D eigenvalue weighted by Crippen LogP contribution is 2.34. The van der Waals surface area contributed by atoms with Gasteiger partial charge in [0.2, 0.25) is 11.1 Å². The summed E-state index contributed by atoms with van der Waals surface area (Å²) in [4.78, 5) is 26.7. The molecule has 0 unspecified atom stereocenters. The normalized spacial score (nSPS) is 16.7. The lowest BCUT2D eigenvalue weighted by Crippen LogP contribution is -2.42. The third kappa shape index (κ3) is 2.50. The molecule has 0 radical (unpaired) electrons. The van der Waals surface area contributed by atoms with Gasteiger partial charge in [-0.3, -0.25) is 4.79 Å². The molecule has 5 heterocycles. The second-order valence-corrected chi connectivity index (χ2v) is 6.72. The Morgan fingerprint density at radius 1 is 1.33 bits per heavy atom. The van der Waals surface area contributed by atoms with Gasteiger partial charge >= 0.3 is 0 Å². The molecule has 0 bridgehead atoms. The van der Waals surface area contributed by atoms with E-state index >= 15 is 0 Å². The molecular formula is C17H15ClN8O. The number of amides is 1. The number of hydrogen-bond acceptors (Lipinski definition) is 5. The van der Waals surface area contributed by atoms with Gasteiger partial charge in [-0.1, -0.05) is 6.07 Å². The number of aromatic nitrogens is 7. The molecule has 136 valence electrons. The smallest absolute Gasteiger partial charge is 0.292 e. The summed E-state index contributed by atoms with van der Waals surface area (Å²) in [6.45, 7) is 0.511. The molecule has 1 N–H and O–H groups in total. The van der Waals surface area contributed by atoms with Crippen LogP contribution < -0.4 is 0 Å². The van der Waals surface area contributed by atoms with E-state index in [9.17, 15) is 4.79 Å². The molecule has 5 rings (SSSR count). The number of carbonyl (C=O) groups excluding carboxylic acids is 1. The number of aryl methyl sites for hydroxylation is 1. The van der Waals surface area contributed by atoms with Crippen LogP contribution in [0.4, 0.5) is 0 Å². The molecule has 0 aliphatic carbocycles. The van der Waals surface area contributed by atoms with Gasteiger partial charge in [-0.25, -0.2) is 14.2 Å². The van der Waals surface area contributed by atoms with E-state index in [4.69, 9.17) is 11.6 Å². The van der Waals surface area contributed by atoms with E-state index < -0.39 is 6.04 Å². The minimum absolute atomic E-state index is 0.0441. The predicted molar refractivity (Wildman–Crippen MR) is 96.4 cm³/mol. The van der Waals surface area contributed by atoms with E-state index in [2.05, 4.69) is 25.1 Å². The number of nitrogens with one attached hydrogen (secondary N) is 1. The van der Waals surface area contributed by atoms with Crippen molar-refractivity contribution in [1.82, 2.24) is 39.2 Å². The van der Waals surface area contributed by atoms with Crippen LogP contribution >= 0.6 is 11.6 Å². The van der Waals surface area contributed by atoms with Crippen molar-refractivity contribution in [3.8, 4) is 0 Å². The summed E-state index contributed by atoms with van der Waals surface area (Å²) in [7, 11) is 1.65. The maximum atomic E-state index is 13.2. The van der Waals surface area contributed by atoms with Crippen LogP contribution in [0.3, 0.4) is 0 Å². The highest BCUT2D eigenvalue weighted by atomic mass is 35.5. The van der Waals surface area contributed by atoms with Gasteiger partial charge in [-0.15, -0.1) is 5.10 Å². The van der Waals surface area contributed by atoms with E-state index in [0.29, 0.717) is 13.0 Å². The summed E-state index contributed by atoms with van der Waals surface area (Å²) >= 11 is 5.87. The molecule has 4 aromatic heterocycles. The third-order valence-electron chi connectivity index (χ3n) is 4.78. The van der Waals surface area contributed by atoms with Gasteiger partial charge < -0.3 is 9.88 Å². The molecule has 27 heavy (non-hydrogen) atoms. The molecule has 1 aliphatic heterocycles. The number of pyridine rings is 1. The first kappa shape index (κ1) is 16.0. The molecule has 10 heteroatoms. The summed E-state index contributed by atoms with van der Waals surface area (Å²) in [5.74, 6) is -0.0691. The van der Waals surface area contributed by atoms with Crippen molar-refractivity contribution < 1.29 is 4.79 Å². The van der Waals surface area contributed by atoms with Gasteiger partial charge in [-0.05, 0) is 29.8 Å². The lowest BCUT2D eigenvalue weighted by atomic mass is 9.99. The van der Waals surface area contributed by atoms with Crippen molar-refractivity contribution in [3.05, 3.63) is 65.0 Å². The van der Waals surface area contributed by atoms with E-state index in [1.54, 1.807) is 22.8 Å². The Labute approximate surface area is 158 Å². The Kier molecular flexibility index (Phi) is 3.51. The zero-order valence-electron chi connectivity index (χ0n) is 14.4. The molecule has 1 atom stereocenters. The van der Waals surface area contributed by atoms with Crippen LogP contribution in [-0.4, -0.2) is 51.7 Å². The SMILES string of the molecule is Cn1nc(Cl)nc1C(=O)N1CCc2[nH]cnc2[C@H]1c1cc2ccccn2n1. The van der Waals surface area contributed by atoms with Crippen molar-refractivity contribution in [1.29, 1.82) is 0 Å². The molecule has 0 spiro atoms. The third-order valence-corrected chi connectivity index (χ3v) is 4.94. The van der Waals surface area contributed by atoms with E-state index in [0.717, 1.165) is 22.6 Å². The van der Waals surface area contributed by atoms with Gasteiger partial charge in [0.15, 0.2) is 0 Å². The molecule has 1 aliphatic rings. The number of H-pyrrole nitrogens is 1. The maximum Gasteiger partial charge on any atom is 0.292 e. The molecule has 0 fully saturated rings. The van der Waals surface area contributed by atoms with Gasteiger partial charge in [-0.2, -0.15) is 10.1 Å². The zero-order chi connectivity index (χ0) is 18.5. The summed E-state index contributed by atoms with van der Waals surface area (Å²) in [5, 5.41) is 8.69. The number of imidazole rings is 1. The van der Waals surface area contributed by atoms with Crippen LogP contribution in [0.2, 0.25) is 5.28 Å². The number of rotatable bonds is 2. The number of hydrogen-bond donors (Lipinski definition) is 1. The largest absolute Gasteiger partial charge is 0.348 e. The minimum atomic E-state index is -0.414. The Morgan fingerprint density at radius 2 is 2.22 bits per heavy atom. The first-order chi connectivity index (χ1) is 13.1. The van der Waals surface area contributed by atoms with Crippen LogP contribution in [0.25, 0.3) is 5.52 Å². The van der Waals surface area contributed by atoms with Crippen molar-refractivity contribution in [2.24, 2.45) is 7.05 Å². The van der Waals surface area contributed by atoms with Crippen LogP contribution in [-0.2, 0) is 13.5 Å². The molecule has 0 saturated heterocycles. The van der Waals surface area contributed by atoms with Crippen LogP contribution in [0.15, 0.2) is 36.8 Å². The van der Waals surface area contributed by atoms with Gasteiger partial charge in [0, 0.05) is 31.9 Å². The molecule has 0 aromatic carbocycles. The standard InChI is InChI=1S/C17H15ClN8O/c1-24-15(21-17(18)23-24)16(27)25-7-5-11-13(20-9-19-11)14(25)12-8-10-4-2-3-6-26(10)22-12/h2-4,6,8-9,14H,5,7H2,1H3,(H,19,20)/t14-/m1/s1. The Morgan fingerprint density at radius 3 is 3.00 bits per heavy atom. The van der Waals surface area contributed by atoms with Crippen molar-refractivity contribution in [2.45, 2.75) is 12.5 Å². The highest BCUT2D eigenvalue weighted by molar-refractivity contribution is 6.28. The second-order valence-electron chi connectivity index (χ2n) is 6.38. The molecule has 0 saturated carbocycles. The molecule has 9 nitrogen and oxygen atoms in total. The predicted octanol–water partition coefficient (Wildman–Crippen LogP) is 1.63. The number of halogens is 1. The Bertz CT molecular complexity index is 1130. The minimum Gasteiger partial charge on any atom is -0.348 e. The van der Waals surface area contributed by atoms with E-state index in [1.165, 1.54) is 4.68 Å². The number of fused-ring (bicyclic) bond motifs is 2. The quantitative estimate of drug-likeness (QED) is 0.568. The van der Waals surface area contributed by atoms with Crippen LogP contribution in [0.1, 0.15) is 33.7 Å². The first-order valence-corrected chi connectivity index (χ1v) is 8.83. The number of aromatic amines is 1. The summed E-state index contributed by atoms with van der Waals surface area (Å²) in [6.07, 6.45) is 4.21. The first-order valence-electron chi connectivity index (χ1n) is 8.46. The summed E-state index contributed by atoms with van der Waals surface area (Å²) in [5.41, 5.74) is 3.50. The fourth-order valence-electron chi connectivity index (χ4n) is 3.55. The fraction of sp³-hybridized carbons (Fsp3) is 0.235. The average Bonchev–Trinajstić information content (AvgIpc) is 3.37. The lowest BCUT2D eigenvalue weighted by molar-refractivity contribution is 0.0669. The van der Waals surface area contributed by atoms with E-state index in [1.807, 2.05) is 30.5 Å². The van der Waals surface area contributed by atoms with Gasteiger partial charge in [0.1, 0.15) is 6.04 Å². The Hall–Kier alpha value is -3.20. The molecule has 1 amide bonds. The maximum absolute atomic E-state index is 13.2. The van der Waals surface area contributed by atoms with Gasteiger partial charge in [0.25, 0.3) is 5.91 Å².